The van der Waals surface area contributed by atoms with E-state index in [-0.39, 0.29) is 24.0 Å². The highest BCUT2D eigenvalue weighted by molar-refractivity contribution is 14.0. The van der Waals surface area contributed by atoms with Gasteiger partial charge >= 0.3 is 0 Å². The maximum Gasteiger partial charge on any atom is 0.195 e. The second-order valence-electron chi connectivity index (χ2n) is 5.67. The highest BCUT2D eigenvalue weighted by Gasteiger charge is 2.07. The molecule has 0 bridgehead atoms. The van der Waals surface area contributed by atoms with Gasteiger partial charge in [0.15, 0.2) is 17.5 Å². The van der Waals surface area contributed by atoms with Gasteiger partial charge in [0.05, 0.1) is 24.9 Å². The smallest absolute Gasteiger partial charge is 0.195 e. The molecule has 0 aliphatic heterocycles. The van der Waals surface area contributed by atoms with E-state index in [0.717, 1.165) is 36.0 Å². The number of nitrogens with zero attached hydrogens (tertiary/aromatic N) is 2. The van der Waals surface area contributed by atoms with Crippen LogP contribution in [0.25, 0.3) is 0 Å². The van der Waals surface area contributed by atoms with E-state index in [4.69, 9.17) is 9.47 Å². The van der Waals surface area contributed by atoms with Crippen LogP contribution in [-0.2, 0) is 12.8 Å². The Labute approximate surface area is 182 Å². The molecule has 150 valence electrons. The van der Waals surface area contributed by atoms with Gasteiger partial charge in [0.25, 0.3) is 0 Å². The van der Waals surface area contributed by atoms with Crippen LogP contribution < -0.4 is 20.1 Å². The number of thiazole rings is 1. The summed E-state index contributed by atoms with van der Waals surface area (Å²) in [5, 5.41) is 7.71. The molecule has 0 fully saturated rings. The standard InChI is InChI=1S/C19H28N4O2S.HI/c1-6-15-13(3)26-18(23-15)10-11-21-19(20-7-2)22-14-8-9-16(24-4)17(12-14)25-5;/h8-9,12H,6-7,10-11H2,1-5H3,(H2,20,21,22);1H. The van der Waals surface area contributed by atoms with E-state index in [1.165, 1.54) is 10.6 Å². The number of nitrogens with one attached hydrogen (secondary N) is 2. The summed E-state index contributed by atoms with van der Waals surface area (Å²) in [6.45, 7) is 7.78. The van der Waals surface area contributed by atoms with Crippen molar-refractivity contribution in [2.75, 3.05) is 32.6 Å². The van der Waals surface area contributed by atoms with Gasteiger partial charge in [-0.3, -0.25) is 4.99 Å². The molecule has 0 aliphatic carbocycles. The van der Waals surface area contributed by atoms with Crippen LogP contribution >= 0.6 is 35.3 Å². The van der Waals surface area contributed by atoms with Crippen LogP contribution in [0.15, 0.2) is 23.2 Å². The monoisotopic (exact) mass is 504 g/mol. The number of aromatic nitrogens is 1. The van der Waals surface area contributed by atoms with Crippen molar-refractivity contribution in [2.24, 2.45) is 4.99 Å². The maximum absolute atomic E-state index is 5.35. The van der Waals surface area contributed by atoms with Gasteiger partial charge in [-0.25, -0.2) is 4.98 Å². The first kappa shape index (κ1) is 23.5. The van der Waals surface area contributed by atoms with Gasteiger partial charge in [-0.1, -0.05) is 6.92 Å². The zero-order valence-electron chi connectivity index (χ0n) is 16.6. The van der Waals surface area contributed by atoms with Crippen molar-refractivity contribution < 1.29 is 9.47 Å². The van der Waals surface area contributed by atoms with Crippen LogP contribution in [0.2, 0.25) is 0 Å². The second-order valence-corrected chi connectivity index (χ2v) is 6.96. The van der Waals surface area contributed by atoms with Gasteiger partial charge in [0.2, 0.25) is 0 Å². The van der Waals surface area contributed by atoms with Gasteiger partial charge in [-0.2, -0.15) is 0 Å². The van der Waals surface area contributed by atoms with E-state index in [2.05, 4.69) is 34.5 Å². The number of methoxy groups -OCH3 is 2. The summed E-state index contributed by atoms with van der Waals surface area (Å²) in [6, 6.07) is 5.70. The lowest BCUT2D eigenvalue weighted by molar-refractivity contribution is 0.355. The number of rotatable bonds is 8. The van der Waals surface area contributed by atoms with E-state index < -0.39 is 0 Å². The fourth-order valence-electron chi connectivity index (χ4n) is 2.54. The molecule has 0 aliphatic rings. The van der Waals surface area contributed by atoms with Crippen molar-refractivity contribution in [1.82, 2.24) is 10.3 Å². The molecule has 0 amide bonds. The lowest BCUT2D eigenvalue weighted by Gasteiger charge is -2.13. The number of ether oxygens (including phenoxy) is 2. The Morgan fingerprint density at radius 3 is 2.52 bits per heavy atom. The van der Waals surface area contributed by atoms with Gasteiger partial charge in [0, 0.05) is 36.1 Å². The molecular formula is C19H29IN4O2S. The van der Waals surface area contributed by atoms with Crippen LogP contribution in [0.5, 0.6) is 11.5 Å². The summed E-state index contributed by atoms with van der Waals surface area (Å²) in [4.78, 5) is 10.6. The molecule has 2 N–H and O–H groups in total. The molecule has 8 heteroatoms. The first-order valence-electron chi connectivity index (χ1n) is 8.83. The predicted octanol–water partition coefficient (Wildman–Crippen LogP) is 4.27. The number of aliphatic imine (C=N–C) groups is 1. The largest absolute Gasteiger partial charge is 0.493 e. The molecule has 1 heterocycles. The molecule has 0 spiro atoms. The summed E-state index contributed by atoms with van der Waals surface area (Å²) in [5.74, 6) is 2.12. The molecule has 0 unspecified atom stereocenters. The summed E-state index contributed by atoms with van der Waals surface area (Å²) in [5.41, 5.74) is 2.09. The minimum atomic E-state index is 0. The van der Waals surface area contributed by atoms with Gasteiger partial charge in [-0.05, 0) is 32.4 Å². The number of guanidine groups is 1. The van der Waals surface area contributed by atoms with Crippen LogP contribution in [0.1, 0.15) is 29.4 Å². The maximum atomic E-state index is 5.35. The Hall–Kier alpha value is -1.55. The van der Waals surface area contributed by atoms with Crippen LogP contribution in [0.4, 0.5) is 5.69 Å². The first-order valence-corrected chi connectivity index (χ1v) is 9.65. The summed E-state index contributed by atoms with van der Waals surface area (Å²) in [6.07, 6.45) is 1.82. The highest BCUT2D eigenvalue weighted by Crippen LogP contribution is 2.29. The predicted molar refractivity (Wildman–Crippen MR) is 124 cm³/mol. The third-order valence-electron chi connectivity index (χ3n) is 3.86. The van der Waals surface area contributed by atoms with Crippen molar-refractivity contribution in [3.05, 3.63) is 33.8 Å². The minimum Gasteiger partial charge on any atom is -0.493 e. The normalized spacial score (nSPS) is 10.9. The minimum absolute atomic E-state index is 0. The molecular weight excluding hydrogens is 475 g/mol. The second kappa shape index (κ2) is 12.0. The molecule has 0 atom stereocenters. The van der Waals surface area contributed by atoms with Crippen molar-refractivity contribution >= 4 is 47.0 Å². The number of benzene rings is 1. The number of hydrogen-bond acceptors (Lipinski definition) is 5. The molecule has 6 nitrogen and oxygen atoms in total. The lowest BCUT2D eigenvalue weighted by Crippen LogP contribution is -2.30. The first-order chi connectivity index (χ1) is 12.6. The molecule has 2 rings (SSSR count). The SMILES string of the molecule is CCNC(=NCCc1nc(CC)c(C)s1)Nc1ccc(OC)c(OC)c1.I. The van der Waals surface area contributed by atoms with E-state index in [9.17, 15) is 0 Å². The Morgan fingerprint density at radius 2 is 1.93 bits per heavy atom. The third kappa shape index (κ3) is 6.84. The summed E-state index contributed by atoms with van der Waals surface area (Å²) in [7, 11) is 3.25. The Kier molecular flexibility index (Phi) is 10.5. The van der Waals surface area contributed by atoms with E-state index in [0.29, 0.717) is 18.0 Å². The number of anilines is 1. The topological polar surface area (TPSA) is 67.8 Å². The number of aryl methyl sites for hydroxylation is 2. The summed E-state index contributed by atoms with van der Waals surface area (Å²) >= 11 is 1.77. The van der Waals surface area contributed by atoms with Gasteiger partial charge < -0.3 is 20.1 Å². The third-order valence-corrected chi connectivity index (χ3v) is 4.93. The Morgan fingerprint density at radius 1 is 1.19 bits per heavy atom. The van der Waals surface area contributed by atoms with Crippen molar-refractivity contribution in [3.8, 4) is 11.5 Å². The number of halogens is 1. The molecule has 27 heavy (non-hydrogen) atoms. The van der Waals surface area contributed by atoms with E-state index >= 15 is 0 Å². The molecule has 2 aromatic rings. The molecule has 1 aromatic heterocycles. The van der Waals surface area contributed by atoms with Crippen LogP contribution in [-0.4, -0.2) is 38.3 Å². The molecule has 0 radical (unpaired) electrons. The Balaban J connectivity index is 0.00000364. The fraction of sp³-hybridized carbons (Fsp3) is 0.474. The van der Waals surface area contributed by atoms with Gasteiger partial charge in [-0.15, -0.1) is 35.3 Å². The average molecular weight is 504 g/mol. The zero-order chi connectivity index (χ0) is 18.9. The van der Waals surface area contributed by atoms with Crippen molar-refractivity contribution in [2.45, 2.75) is 33.6 Å². The Bertz CT molecular complexity index is 749. The highest BCUT2D eigenvalue weighted by atomic mass is 127. The van der Waals surface area contributed by atoms with Gasteiger partial charge in [0.1, 0.15) is 0 Å². The van der Waals surface area contributed by atoms with Crippen LogP contribution in [0.3, 0.4) is 0 Å². The average Bonchev–Trinajstić information content (AvgIpc) is 3.01. The number of hydrogen-bond donors (Lipinski definition) is 2. The zero-order valence-corrected chi connectivity index (χ0v) is 19.7. The molecule has 0 saturated carbocycles. The summed E-state index contributed by atoms with van der Waals surface area (Å²) < 4.78 is 10.6. The molecule has 0 saturated heterocycles. The van der Waals surface area contributed by atoms with Crippen molar-refractivity contribution in [3.63, 3.8) is 0 Å². The quantitative estimate of drug-likeness (QED) is 0.320. The van der Waals surface area contributed by atoms with Crippen molar-refractivity contribution in [1.29, 1.82) is 0 Å². The molecule has 1 aromatic carbocycles. The lowest BCUT2D eigenvalue weighted by atomic mass is 10.3. The fourth-order valence-corrected chi connectivity index (χ4v) is 3.55. The van der Waals surface area contributed by atoms with E-state index in [1.54, 1.807) is 25.6 Å². The van der Waals surface area contributed by atoms with Crippen LogP contribution in [0, 0.1) is 6.92 Å². The van der Waals surface area contributed by atoms with E-state index in [1.807, 2.05) is 25.1 Å².